The molecular formula is C22H15N. The molecule has 0 bridgehead atoms. The van der Waals surface area contributed by atoms with Crippen molar-refractivity contribution < 1.29 is 0 Å². The summed E-state index contributed by atoms with van der Waals surface area (Å²) in [6.07, 6.45) is 1.91. The summed E-state index contributed by atoms with van der Waals surface area (Å²) in [5.41, 5.74) is 2.42. The lowest BCUT2D eigenvalue weighted by Crippen LogP contribution is -1.84. The van der Waals surface area contributed by atoms with Crippen LogP contribution in [0.4, 0.5) is 0 Å². The maximum atomic E-state index is 4.03. The van der Waals surface area contributed by atoms with E-state index in [1.807, 2.05) is 6.20 Å². The van der Waals surface area contributed by atoms with Crippen molar-refractivity contribution >= 4 is 49.6 Å². The van der Waals surface area contributed by atoms with Crippen molar-refractivity contribution in [2.24, 2.45) is 0 Å². The van der Waals surface area contributed by atoms with Crippen LogP contribution < -0.4 is 0 Å². The molecule has 1 heterocycles. The van der Waals surface area contributed by atoms with Crippen LogP contribution in [-0.4, -0.2) is 4.57 Å². The van der Waals surface area contributed by atoms with E-state index in [2.05, 4.69) is 83.9 Å². The minimum Gasteiger partial charge on any atom is -0.316 e. The number of hydrogen-bond donors (Lipinski definition) is 0. The molecule has 0 unspecified atom stereocenters. The second-order valence-corrected chi connectivity index (χ2v) is 5.99. The molecule has 0 N–H and O–H groups in total. The van der Waals surface area contributed by atoms with Crippen LogP contribution in [0.5, 0.6) is 0 Å². The van der Waals surface area contributed by atoms with Crippen LogP contribution in [0.1, 0.15) is 0 Å². The number of fused-ring (bicyclic) bond motifs is 5. The molecule has 0 fully saturated rings. The molecule has 0 spiro atoms. The Morgan fingerprint density at radius 3 is 1.39 bits per heavy atom. The normalized spacial score (nSPS) is 11.7. The van der Waals surface area contributed by atoms with Gasteiger partial charge < -0.3 is 4.57 Å². The highest BCUT2D eigenvalue weighted by atomic mass is 14.9. The van der Waals surface area contributed by atoms with Crippen molar-refractivity contribution in [3.05, 3.63) is 79.4 Å². The van der Waals surface area contributed by atoms with Crippen molar-refractivity contribution in [3.63, 3.8) is 0 Å². The van der Waals surface area contributed by atoms with Crippen LogP contribution in [-0.2, 0) is 0 Å². The lowest BCUT2D eigenvalue weighted by atomic mass is 10.0. The highest BCUT2D eigenvalue weighted by Crippen LogP contribution is 2.34. The molecule has 108 valence electrons. The molecule has 0 saturated heterocycles. The van der Waals surface area contributed by atoms with Crippen molar-refractivity contribution in [1.29, 1.82) is 0 Å². The van der Waals surface area contributed by atoms with Crippen LogP contribution in [0.3, 0.4) is 0 Å². The van der Waals surface area contributed by atoms with Crippen LogP contribution in [0.25, 0.3) is 49.6 Å². The van der Waals surface area contributed by atoms with Gasteiger partial charge in [0, 0.05) is 17.0 Å². The molecule has 0 radical (unpaired) electrons. The second-order valence-electron chi connectivity index (χ2n) is 5.99. The summed E-state index contributed by atoms with van der Waals surface area (Å²) >= 11 is 0. The predicted octanol–water partition coefficient (Wildman–Crippen LogP) is 6.20. The Labute approximate surface area is 134 Å². The van der Waals surface area contributed by atoms with Gasteiger partial charge in [0.05, 0.1) is 11.0 Å². The molecule has 0 atom stereocenters. The lowest BCUT2D eigenvalue weighted by molar-refractivity contribution is 1.30. The van der Waals surface area contributed by atoms with Gasteiger partial charge in [-0.25, -0.2) is 0 Å². The van der Waals surface area contributed by atoms with E-state index >= 15 is 0 Å². The third kappa shape index (κ3) is 1.68. The van der Waals surface area contributed by atoms with Crippen LogP contribution in [0.2, 0.25) is 0 Å². The van der Waals surface area contributed by atoms with Crippen LogP contribution >= 0.6 is 0 Å². The van der Waals surface area contributed by atoms with E-state index in [9.17, 15) is 0 Å². The fraction of sp³-hybridized carbons (Fsp3) is 0. The molecule has 0 aliphatic rings. The number of nitrogens with zero attached hydrogens (tertiary/aromatic N) is 1. The number of benzene rings is 4. The van der Waals surface area contributed by atoms with E-state index in [1.54, 1.807) is 0 Å². The smallest absolute Gasteiger partial charge is 0.0541 e. The fourth-order valence-electron chi connectivity index (χ4n) is 3.61. The Morgan fingerprint density at radius 1 is 0.609 bits per heavy atom. The summed E-state index contributed by atoms with van der Waals surface area (Å²) in [6, 6.07) is 26.1. The van der Waals surface area contributed by atoms with Crippen LogP contribution in [0.15, 0.2) is 79.4 Å². The molecule has 0 amide bonds. The van der Waals surface area contributed by atoms with Gasteiger partial charge >= 0.3 is 0 Å². The van der Waals surface area contributed by atoms with Crippen molar-refractivity contribution in [2.75, 3.05) is 0 Å². The molecule has 1 heteroatoms. The molecule has 0 aliphatic carbocycles. The predicted molar refractivity (Wildman–Crippen MR) is 101 cm³/mol. The fourth-order valence-corrected chi connectivity index (χ4v) is 3.61. The van der Waals surface area contributed by atoms with E-state index in [4.69, 9.17) is 0 Å². The first-order valence-corrected chi connectivity index (χ1v) is 7.83. The largest absolute Gasteiger partial charge is 0.316 e. The Bertz CT molecular complexity index is 1130. The maximum absolute atomic E-state index is 4.03. The van der Waals surface area contributed by atoms with Gasteiger partial charge in [-0.15, -0.1) is 0 Å². The minimum atomic E-state index is 1.21. The average molecular weight is 293 g/mol. The Hall–Kier alpha value is -3.06. The van der Waals surface area contributed by atoms with E-state index in [0.717, 1.165) is 0 Å². The van der Waals surface area contributed by atoms with E-state index in [-0.39, 0.29) is 0 Å². The lowest BCUT2D eigenvalue weighted by Gasteiger charge is -2.02. The molecule has 0 aliphatic heterocycles. The third-order valence-corrected chi connectivity index (χ3v) is 4.72. The summed E-state index contributed by atoms with van der Waals surface area (Å²) in [5, 5.41) is 7.63. The summed E-state index contributed by atoms with van der Waals surface area (Å²) in [7, 11) is 0. The average Bonchev–Trinajstić information content (AvgIpc) is 2.89. The summed E-state index contributed by atoms with van der Waals surface area (Å²) < 4.78 is 2.20. The summed E-state index contributed by atoms with van der Waals surface area (Å²) in [5.74, 6) is 0. The molecule has 5 aromatic rings. The zero-order chi connectivity index (χ0) is 15.4. The zero-order valence-corrected chi connectivity index (χ0v) is 12.7. The molecule has 0 saturated carbocycles. The number of aromatic nitrogens is 1. The molecule has 5 rings (SSSR count). The van der Waals surface area contributed by atoms with Gasteiger partial charge in [-0.1, -0.05) is 55.1 Å². The molecule has 1 nitrogen and oxygen atoms in total. The number of hydrogen-bond acceptors (Lipinski definition) is 0. The first-order valence-electron chi connectivity index (χ1n) is 7.83. The van der Waals surface area contributed by atoms with Gasteiger partial charge in [-0.3, -0.25) is 0 Å². The maximum Gasteiger partial charge on any atom is 0.0541 e. The van der Waals surface area contributed by atoms with E-state index < -0.39 is 0 Å². The quantitative estimate of drug-likeness (QED) is 0.346. The Morgan fingerprint density at radius 2 is 1.00 bits per heavy atom. The summed E-state index contributed by atoms with van der Waals surface area (Å²) in [6.45, 7) is 4.03. The minimum absolute atomic E-state index is 1.21. The van der Waals surface area contributed by atoms with Gasteiger partial charge in [0.2, 0.25) is 0 Å². The van der Waals surface area contributed by atoms with Gasteiger partial charge in [-0.2, -0.15) is 0 Å². The first-order chi connectivity index (χ1) is 11.3. The van der Waals surface area contributed by atoms with Gasteiger partial charge in [0.15, 0.2) is 0 Å². The Kier molecular flexibility index (Phi) is 2.42. The van der Waals surface area contributed by atoms with Gasteiger partial charge in [-0.05, 0) is 45.8 Å². The molecule has 1 aromatic heterocycles. The topological polar surface area (TPSA) is 4.93 Å². The SMILES string of the molecule is C=Cn1c2cc3ccccc3cc2c2cc3ccccc3cc21. The van der Waals surface area contributed by atoms with Crippen molar-refractivity contribution in [3.8, 4) is 0 Å². The molecule has 23 heavy (non-hydrogen) atoms. The van der Waals surface area contributed by atoms with Crippen molar-refractivity contribution in [1.82, 2.24) is 4.57 Å². The highest BCUT2D eigenvalue weighted by Gasteiger charge is 2.11. The monoisotopic (exact) mass is 293 g/mol. The third-order valence-electron chi connectivity index (χ3n) is 4.72. The molecule has 4 aromatic carbocycles. The second kappa shape index (κ2) is 4.47. The van der Waals surface area contributed by atoms with Crippen LogP contribution in [0, 0.1) is 0 Å². The first kappa shape index (κ1) is 12.5. The summed E-state index contributed by atoms with van der Waals surface area (Å²) in [4.78, 5) is 0. The number of rotatable bonds is 1. The van der Waals surface area contributed by atoms with Gasteiger partial charge in [0.25, 0.3) is 0 Å². The van der Waals surface area contributed by atoms with Crippen molar-refractivity contribution in [2.45, 2.75) is 0 Å². The zero-order valence-electron chi connectivity index (χ0n) is 12.7. The van der Waals surface area contributed by atoms with Gasteiger partial charge in [0.1, 0.15) is 0 Å². The highest BCUT2D eigenvalue weighted by molar-refractivity contribution is 6.16. The molecular weight excluding hydrogens is 278 g/mol. The van der Waals surface area contributed by atoms with E-state index in [1.165, 1.54) is 43.4 Å². The standard InChI is InChI=1S/C22H15N/c1-2-23-21-13-17-9-5-3-7-15(17)11-19(21)20-12-16-8-4-6-10-18(16)14-22(20)23/h2-14H,1H2. The van der Waals surface area contributed by atoms with E-state index in [0.29, 0.717) is 0 Å². The Balaban J connectivity index is 2.07.